The molecule has 1 aromatic heterocycles. The number of fused-ring (bicyclic) bond motifs is 1. The number of anilines is 4. The van der Waals surface area contributed by atoms with E-state index in [1.807, 2.05) is 0 Å². The first-order valence-corrected chi connectivity index (χ1v) is 15.1. The second kappa shape index (κ2) is 14.3. The molecule has 0 bridgehead atoms. The molecule has 2 aliphatic rings. The molecule has 4 rings (SSSR count). The normalized spacial score (nSPS) is 21.6. The number of nitrogens with two attached hydrogens (primary N) is 1. The van der Waals surface area contributed by atoms with Crippen LogP contribution in [0.5, 0.6) is 0 Å². The minimum absolute atomic E-state index is 0.0140. The number of aromatic nitrogens is 2. The van der Waals surface area contributed by atoms with Crippen molar-refractivity contribution in [3.05, 3.63) is 40.2 Å². The summed E-state index contributed by atoms with van der Waals surface area (Å²) in [6.07, 6.45) is 1.15. The number of nitrogen functional groups attached to an aromatic ring is 1. The number of hydrogen-bond acceptors (Lipinski definition) is 10. The summed E-state index contributed by atoms with van der Waals surface area (Å²) in [5.74, 6) is -2.14. The van der Waals surface area contributed by atoms with Gasteiger partial charge in [0.15, 0.2) is 11.5 Å². The Balaban J connectivity index is 1.48. The highest BCUT2D eigenvalue weighted by Crippen LogP contribution is 2.36. The lowest BCUT2D eigenvalue weighted by Gasteiger charge is -2.40. The Morgan fingerprint density at radius 2 is 1.87 bits per heavy atom. The topological polar surface area (TPSA) is 229 Å². The fraction of sp³-hybridized carbons (Fsp3) is 0.533. The molecule has 0 spiro atoms. The standard InChI is InChI=1S/C30H41N7O8/c1-15(2)20-9-4-16(3)12-22(20)45-30(44)37-19(14-33-25-24(37)27(41)36-29(31)35-25)13-32-18-7-5-17(6-8-18)26(40)34-21(28(42)43)10-11-23(38)39/h5-8,15-16,19-22,32H,4,9-14H2,1-3H3,(H,34,40)(H,38,39)(H,42,43)(H4,31,33,35,36,41)/t16-,19?,20+,21+,22-/m1/s1. The molecule has 0 saturated heterocycles. The smallest absolute Gasteiger partial charge is 0.415 e. The number of nitrogens with zero attached hydrogens (tertiary/aromatic N) is 2. The quantitative estimate of drug-likeness (QED) is 0.191. The highest BCUT2D eigenvalue weighted by Gasteiger charge is 2.39. The molecule has 45 heavy (non-hydrogen) atoms. The van der Waals surface area contributed by atoms with Crippen LogP contribution in [0.15, 0.2) is 29.1 Å². The molecule has 2 heterocycles. The van der Waals surface area contributed by atoms with Crippen LogP contribution in [0.3, 0.4) is 0 Å². The number of carbonyl (C=O) groups is 4. The first-order chi connectivity index (χ1) is 21.3. The second-order valence-corrected chi connectivity index (χ2v) is 12.1. The fourth-order valence-electron chi connectivity index (χ4n) is 5.90. The largest absolute Gasteiger partial charge is 0.481 e. The Labute approximate surface area is 259 Å². The average Bonchev–Trinajstić information content (AvgIpc) is 2.97. The van der Waals surface area contributed by atoms with Crippen molar-refractivity contribution in [1.29, 1.82) is 0 Å². The van der Waals surface area contributed by atoms with Gasteiger partial charge in [-0.1, -0.05) is 27.2 Å². The summed E-state index contributed by atoms with van der Waals surface area (Å²) < 4.78 is 6.12. The van der Waals surface area contributed by atoms with Gasteiger partial charge in [0.1, 0.15) is 12.1 Å². The summed E-state index contributed by atoms with van der Waals surface area (Å²) in [7, 11) is 0. The van der Waals surface area contributed by atoms with Crippen LogP contribution >= 0.6 is 0 Å². The summed E-state index contributed by atoms with van der Waals surface area (Å²) in [6, 6.07) is 4.29. The first kappa shape index (κ1) is 33.1. The second-order valence-electron chi connectivity index (χ2n) is 12.1. The summed E-state index contributed by atoms with van der Waals surface area (Å²) in [6.45, 7) is 6.81. The SMILES string of the molecule is CC(C)[C@@H]1CC[C@@H](C)C[C@H]1OC(=O)N1c2c(nc(N)[nH]c2=O)NCC1CNc1ccc(C(=O)N[C@@H](CCC(=O)O)C(=O)O)cc1. The van der Waals surface area contributed by atoms with Gasteiger partial charge in [0.25, 0.3) is 11.5 Å². The van der Waals surface area contributed by atoms with E-state index < -0.39 is 48.0 Å². The molecule has 244 valence electrons. The number of hydrogen-bond donors (Lipinski definition) is 7. The van der Waals surface area contributed by atoms with Crippen molar-refractivity contribution in [2.75, 3.05) is 34.4 Å². The monoisotopic (exact) mass is 627 g/mol. The van der Waals surface area contributed by atoms with Crippen LogP contribution in [0.1, 0.15) is 63.2 Å². The maximum absolute atomic E-state index is 13.8. The van der Waals surface area contributed by atoms with Crippen LogP contribution in [0.4, 0.5) is 27.9 Å². The molecule has 2 amide bonds. The molecule has 5 atom stereocenters. The zero-order valence-corrected chi connectivity index (χ0v) is 25.5. The van der Waals surface area contributed by atoms with Gasteiger partial charge in [-0.15, -0.1) is 0 Å². The third-order valence-corrected chi connectivity index (χ3v) is 8.37. The van der Waals surface area contributed by atoms with Gasteiger partial charge in [-0.25, -0.2) is 9.59 Å². The van der Waals surface area contributed by atoms with E-state index in [9.17, 15) is 29.1 Å². The van der Waals surface area contributed by atoms with Crippen LogP contribution in [0.25, 0.3) is 0 Å². The Bertz CT molecular complexity index is 1460. The summed E-state index contributed by atoms with van der Waals surface area (Å²) in [5, 5.41) is 26.8. The molecule has 15 heteroatoms. The van der Waals surface area contributed by atoms with Crippen LogP contribution < -0.4 is 32.1 Å². The third kappa shape index (κ3) is 8.22. The summed E-state index contributed by atoms with van der Waals surface area (Å²) >= 11 is 0. The highest BCUT2D eigenvalue weighted by atomic mass is 16.6. The predicted molar refractivity (Wildman–Crippen MR) is 166 cm³/mol. The van der Waals surface area contributed by atoms with Crippen molar-refractivity contribution in [3.63, 3.8) is 0 Å². The number of rotatable bonds is 11. The van der Waals surface area contributed by atoms with Crippen molar-refractivity contribution >= 4 is 47.1 Å². The molecule has 0 radical (unpaired) electrons. The van der Waals surface area contributed by atoms with Crippen LogP contribution in [-0.4, -0.2) is 75.4 Å². The number of carboxylic acids is 2. The number of aromatic amines is 1. The highest BCUT2D eigenvalue weighted by molar-refractivity contribution is 5.97. The van der Waals surface area contributed by atoms with Crippen molar-refractivity contribution in [1.82, 2.24) is 15.3 Å². The molecule has 1 fully saturated rings. The van der Waals surface area contributed by atoms with Crippen molar-refractivity contribution in [2.24, 2.45) is 17.8 Å². The van der Waals surface area contributed by atoms with Gasteiger partial charge in [0.05, 0.1) is 6.04 Å². The molecule has 8 N–H and O–H groups in total. The number of carbonyl (C=O) groups excluding carboxylic acids is 2. The van der Waals surface area contributed by atoms with Gasteiger partial charge in [0, 0.05) is 30.8 Å². The molecule has 1 aliphatic heterocycles. The lowest BCUT2D eigenvalue weighted by atomic mass is 9.75. The van der Waals surface area contributed by atoms with Crippen molar-refractivity contribution in [3.8, 4) is 0 Å². The molecule has 15 nitrogen and oxygen atoms in total. The van der Waals surface area contributed by atoms with E-state index in [0.717, 1.165) is 19.3 Å². The van der Waals surface area contributed by atoms with Gasteiger partial charge >= 0.3 is 18.0 Å². The Hall–Kier alpha value is -4.82. The molecule has 1 unspecified atom stereocenters. The Morgan fingerprint density at radius 3 is 2.51 bits per heavy atom. The number of benzene rings is 1. The van der Waals surface area contributed by atoms with Gasteiger partial charge in [-0.05, 0) is 61.3 Å². The predicted octanol–water partition coefficient (Wildman–Crippen LogP) is 2.71. The number of nitrogens with one attached hydrogen (secondary N) is 4. The lowest BCUT2D eigenvalue weighted by Crippen LogP contribution is -2.54. The fourth-order valence-corrected chi connectivity index (χ4v) is 5.90. The van der Waals surface area contributed by atoms with Gasteiger partial charge in [-0.3, -0.25) is 24.3 Å². The summed E-state index contributed by atoms with van der Waals surface area (Å²) in [5.41, 5.74) is 5.96. The number of carboxylic acid groups (broad SMARTS) is 2. The zero-order valence-electron chi connectivity index (χ0n) is 25.5. The van der Waals surface area contributed by atoms with E-state index in [1.54, 1.807) is 12.1 Å². The average molecular weight is 628 g/mol. The van der Waals surface area contributed by atoms with Crippen molar-refractivity contribution < 1.29 is 34.1 Å². The third-order valence-electron chi connectivity index (χ3n) is 8.37. The number of aliphatic carboxylic acids is 2. The molecule has 1 saturated carbocycles. The maximum atomic E-state index is 13.8. The number of ether oxygens (including phenoxy) is 1. The van der Waals surface area contributed by atoms with E-state index in [0.29, 0.717) is 17.5 Å². The van der Waals surface area contributed by atoms with E-state index in [2.05, 4.69) is 46.7 Å². The van der Waals surface area contributed by atoms with E-state index in [-0.39, 0.29) is 54.5 Å². The zero-order chi connectivity index (χ0) is 32.8. The minimum Gasteiger partial charge on any atom is -0.481 e. The lowest BCUT2D eigenvalue weighted by molar-refractivity contribution is -0.140. The Kier molecular flexibility index (Phi) is 10.5. The number of H-pyrrole nitrogens is 1. The molecular formula is C30H41N7O8. The van der Waals surface area contributed by atoms with E-state index in [4.69, 9.17) is 15.6 Å². The Morgan fingerprint density at radius 1 is 1.16 bits per heavy atom. The van der Waals surface area contributed by atoms with Gasteiger partial charge < -0.3 is 36.6 Å². The van der Waals surface area contributed by atoms with E-state index in [1.165, 1.54) is 17.0 Å². The molecule has 1 aromatic carbocycles. The van der Waals surface area contributed by atoms with Gasteiger partial charge in [-0.2, -0.15) is 4.98 Å². The minimum atomic E-state index is -1.35. The van der Waals surface area contributed by atoms with Crippen LogP contribution in [-0.2, 0) is 14.3 Å². The van der Waals surface area contributed by atoms with E-state index >= 15 is 0 Å². The maximum Gasteiger partial charge on any atom is 0.415 e. The molecule has 2 aromatic rings. The molecule has 1 aliphatic carbocycles. The van der Waals surface area contributed by atoms with Crippen molar-refractivity contribution in [2.45, 2.75) is 71.1 Å². The summed E-state index contributed by atoms with van der Waals surface area (Å²) in [4.78, 5) is 69.7. The molecular weight excluding hydrogens is 586 g/mol. The van der Waals surface area contributed by atoms with Gasteiger partial charge in [0.2, 0.25) is 5.95 Å². The first-order valence-electron chi connectivity index (χ1n) is 15.1. The van der Waals surface area contributed by atoms with Crippen LogP contribution in [0.2, 0.25) is 0 Å². The number of amides is 2. The van der Waals surface area contributed by atoms with Crippen LogP contribution in [0, 0.1) is 17.8 Å².